The van der Waals surface area contributed by atoms with Crippen molar-refractivity contribution in [2.45, 2.75) is 6.54 Å². The van der Waals surface area contributed by atoms with Gasteiger partial charge in [0.05, 0.1) is 0 Å². The third-order valence-electron chi connectivity index (χ3n) is 2.50. The molecule has 1 aromatic carbocycles. The van der Waals surface area contributed by atoms with Crippen LogP contribution in [0.4, 0.5) is 5.82 Å². The van der Waals surface area contributed by atoms with Gasteiger partial charge in [-0.2, -0.15) is 0 Å². The Morgan fingerprint density at radius 1 is 1.21 bits per heavy atom. The van der Waals surface area contributed by atoms with E-state index in [1.165, 1.54) is 0 Å². The van der Waals surface area contributed by atoms with Gasteiger partial charge in [-0.1, -0.05) is 34.1 Å². The number of hydrogen-bond donors (Lipinski definition) is 3. The Morgan fingerprint density at radius 2 is 1.95 bits per heavy atom. The molecule has 6 heteroatoms. The van der Waals surface area contributed by atoms with Crippen LogP contribution in [0.5, 0.6) is 0 Å². The number of aromatic nitrogens is 1. The minimum atomic E-state index is -0.236. The fourth-order valence-electron chi connectivity index (χ4n) is 1.52. The molecule has 1 amide bonds. The average molecular weight is 321 g/mol. The molecule has 0 saturated heterocycles. The van der Waals surface area contributed by atoms with Gasteiger partial charge in [-0.3, -0.25) is 4.79 Å². The van der Waals surface area contributed by atoms with Crippen LogP contribution in [0.3, 0.4) is 0 Å². The van der Waals surface area contributed by atoms with Gasteiger partial charge in [0.15, 0.2) is 0 Å². The van der Waals surface area contributed by atoms with Crippen LogP contribution in [0.25, 0.3) is 0 Å². The number of carbonyl (C=O) groups excluding carboxylic acids is 1. The van der Waals surface area contributed by atoms with Crippen LogP contribution in [-0.2, 0) is 6.54 Å². The lowest BCUT2D eigenvalue weighted by Crippen LogP contribution is -2.24. The average Bonchev–Trinajstić information content (AvgIpc) is 2.46. The van der Waals surface area contributed by atoms with E-state index in [0.717, 1.165) is 10.0 Å². The van der Waals surface area contributed by atoms with Gasteiger partial charge in [0, 0.05) is 11.0 Å². The quantitative estimate of drug-likeness (QED) is 0.595. The number of carbonyl (C=O) groups is 1. The maximum atomic E-state index is 11.9. The molecule has 0 unspecified atom stereocenters. The molecule has 1 heterocycles. The van der Waals surface area contributed by atoms with Crippen LogP contribution in [0, 0.1) is 0 Å². The molecule has 19 heavy (non-hydrogen) atoms. The molecule has 0 aliphatic rings. The summed E-state index contributed by atoms with van der Waals surface area (Å²) in [5.41, 5.74) is 3.75. The summed E-state index contributed by atoms with van der Waals surface area (Å²) < 4.78 is 1.01. The number of halogens is 1. The number of nitrogens with zero attached hydrogens (tertiary/aromatic N) is 1. The number of nitrogens with one attached hydrogen (secondary N) is 2. The first-order chi connectivity index (χ1) is 9.19. The zero-order valence-corrected chi connectivity index (χ0v) is 11.6. The van der Waals surface area contributed by atoms with Gasteiger partial charge in [0.1, 0.15) is 11.5 Å². The van der Waals surface area contributed by atoms with Crippen molar-refractivity contribution in [3.63, 3.8) is 0 Å². The van der Waals surface area contributed by atoms with E-state index in [-0.39, 0.29) is 5.91 Å². The minimum Gasteiger partial charge on any atom is -0.347 e. The summed E-state index contributed by atoms with van der Waals surface area (Å²) in [4.78, 5) is 16.0. The van der Waals surface area contributed by atoms with Crippen molar-refractivity contribution in [3.05, 3.63) is 58.2 Å². The third-order valence-corrected chi connectivity index (χ3v) is 3.02. The fourth-order valence-corrected chi connectivity index (χ4v) is 1.78. The fraction of sp³-hybridized carbons (Fsp3) is 0.0769. The molecule has 0 fully saturated rings. The molecule has 0 spiro atoms. The molecule has 5 nitrogen and oxygen atoms in total. The van der Waals surface area contributed by atoms with Crippen molar-refractivity contribution in [3.8, 4) is 0 Å². The van der Waals surface area contributed by atoms with E-state index in [4.69, 9.17) is 5.84 Å². The van der Waals surface area contributed by atoms with Crippen LogP contribution in [0.15, 0.2) is 46.9 Å². The number of nitrogens with two attached hydrogens (primary N) is 1. The van der Waals surface area contributed by atoms with E-state index in [1.54, 1.807) is 18.2 Å². The molecule has 98 valence electrons. The third kappa shape index (κ3) is 3.77. The number of benzene rings is 1. The highest BCUT2D eigenvalue weighted by Gasteiger charge is 2.07. The first-order valence-electron chi connectivity index (χ1n) is 5.65. The summed E-state index contributed by atoms with van der Waals surface area (Å²) in [5, 5.41) is 2.80. The van der Waals surface area contributed by atoms with Crippen molar-refractivity contribution >= 4 is 27.7 Å². The monoisotopic (exact) mass is 320 g/mol. The van der Waals surface area contributed by atoms with Gasteiger partial charge in [-0.05, 0) is 29.8 Å². The second kappa shape index (κ2) is 6.31. The molecule has 0 saturated carbocycles. The van der Waals surface area contributed by atoms with E-state index in [0.29, 0.717) is 18.1 Å². The Balaban J connectivity index is 1.99. The van der Waals surface area contributed by atoms with Gasteiger partial charge in [0.25, 0.3) is 5.91 Å². The number of hydrazine groups is 1. The second-order valence-electron chi connectivity index (χ2n) is 3.86. The molecule has 0 aliphatic heterocycles. The molecule has 0 aliphatic carbocycles. The molecule has 2 aromatic rings. The SMILES string of the molecule is NNc1cccc(C(=O)NCc2ccc(Br)cc2)n1. The van der Waals surface area contributed by atoms with Crippen LogP contribution in [0.2, 0.25) is 0 Å². The van der Waals surface area contributed by atoms with Gasteiger partial charge < -0.3 is 10.7 Å². The number of anilines is 1. The minimum absolute atomic E-state index is 0.236. The van der Waals surface area contributed by atoms with E-state index < -0.39 is 0 Å². The number of amides is 1. The van der Waals surface area contributed by atoms with Gasteiger partial charge in [-0.15, -0.1) is 0 Å². The van der Waals surface area contributed by atoms with Crippen molar-refractivity contribution < 1.29 is 4.79 Å². The highest BCUT2D eigenvalue weighted by atomic mass is 79.9. The second-order valence-corrected chi connectivity index (χ2v) is 4.78. The summed E-state index contributed by atoms with van der Waals surface area (Å²) in [5.74, 6) is 5.47. The van der Waals surface area contributed by atoms with E-state index in [2.05, 4.69) is 31.7 Å². The number of hydrogen-bond acceptors (Lipinski definition) is 4. The first-order valence-corrected chi connectivity index (χ1v) is 6.44. The van der Waals surface area contributed by atoms with Crippen molar-refractivity contribution in [2.75, 3.05) is 5.43 Å². The van der Waals surface area contributed by atoms with Crippen molar-refractivity contribution in [2.24, 2.45) is 5.84 Å². The van der Waals surface area contributed by atoms with Gasteiger partial charge in [-0.25, -0.2) is 10.8 Å². The zero-order chi connectivity index (χ0) is 13.7. The lowest BCUT2D eigenvalue weighted by Gasteiger charge is -2.06. The highest BCUT2D eigenvalue weighted by Crippen LogP contribution is 2.10. The van der Waals surface area contributed by atoms with Gasteiger partial charge in [0.2, 0.25) is 0 Å². The molecule has 0 bridgehead atoms. The molecular weight excluding hydrogens is 308 g/mol. The Morgan fingerprint density at radius 3 is 2.63 bits per heavy atom. The summed E-state index contributed by atoms with van der Waals surface area (Å²) in [6, 6.07) is 12.8. The Bertz CT molecular complexity index is 571. The Labute approximate surface area is 119 Å². The first kappa shape index (κ1) is 13.5. The molecule has 2 rings (SSSR count). The molecule has 4 N–H and O–H groups in total. The van der Waals surface area contributed by atoms with Gasteiger partial charge >= 0.3 is 0 Å². The number of pyridine rings is 1. The summed E-state index contributed by atoms with van der Waals surface area (Å²) in [6.45, 7) is 0.452. The summed E-state index contributed by atoms with van der Waals surface area (Å²) >= 11 is 3.36. The Hall–Kier alpha value is -1.92. The zero-order valence-electron chi connectivity index (χ0n) is 10.1. The van der Waals surface area contributed by atoms with Crippen LogP contribution >= 0.6 is 15.9 Å². The lowest BCUT2D eigenvalue weighted by atomic mass is 10.2. The van der Waals surface area contributed by atoms with Crippen molar-refractivity contribution in [1.82, 2.24) is 10.3 Å². The summed E-state index contributed by atoms with van der Waals surface area (Å²) in [7, 11) is 0. The van der Waals surface area contributed by atoms with Crippen LogP contribution < -0.4 is 16.6 Å². The topological polar surface area (TPSA) is 80.0 Å². The number of rotatable bonds is 4. The van der Waals surface area contributed by atoms with Crippen LogP contribution in [0.1, 0.15) is 16.1 Å². The maximum absolute atomic E-state index is 11.9. The normalized spacial score (nSPS) is 10.0. The highest BCUT2D eigenvalue weighted by molar-refractivity contribution is 9.10. The summed E-state index contributed by atoms with van der Waals surface area (Å²) in [6.07, 6.45) is 0. The molecule has 1 aromatic heterocycles. The van der Waals surface area contributed by atoms with E-state index in [1.807, 2.05) is 24.3 Å². The number of nitrogen functional groups attached to an aromatic ring is 1. The van der Waals surface area contributed by atoms with E-state index in [9.17, 15) is 4.79 Å². The van der Waals surface area contributed by atoms with E-state index >= 15 is 0 Å². The Kier molecular flexibility index (Phi) is 4.48. The maximum Gasteiger partial charge on any atom is 0.270 e. The largest absolute Gasteiger partial charge is 0.347 e. The molecule has 0 radical (unpaired) electrons. The lowest BCUT2D eigenvalue weighted by molar-refractivity contribution is 0.0946. The standard InChI is InChI=1S/C13H13BrN4O/c14-10-6-4-9(5-7-10)8-16-13(19)11-2-1-3-12(17-11)18-15/h1-7H,8,15H2,(H,16,19)(H,17,18). The van der Waals surface area contributed by atoms with Crippen molar-refractivity contribution in [1.29, 1.82) is 0 Å². The predicted molar refractivity (Wildman–Crippen MR) is 77.4 cm³/mol. The molecular formula is C13H13BrN4O. The molecule has 0 atom stereocenters. The smallest absolute Gasteiger partial charge is 0.270 e. The van der Waals surface area contributed by atoms with Crippen LogP contribution in [-0.4, -0.2) is 10.9 Å². The predicted octanol–water partition coefficient (Wildman–Crippen LogP) is 2.06.